The molecular formula is C18H31BrO5. The lowest BCUT2D eigenvalue weighted by Crippen LogP contribution is -2.51. The maximum Gasteiger partial charge on any atom is 0.303 e. The number of carboxylic acids is 1. The normalized spacial score (nSPS) is 27.5. The van der Waals surface area contributed by atoms with E-state index >= 15 is 0 Å². The molecule has 0 amide bonds. The molecule has 0 spiro atoms. The third-order valence-corrected chi connectivity index (χ3v) is 5.54. The fraction of sp³-hybridized carbons (Fsp3) is 0.833. The number of alkyl halides is 1. The number of halogens is 1. The Balaban J connectivity index is 2.49. The summed E-state index contributed by atoms with van der Waals surface area (Å²) in [6, 6.07) is 0. The molecule has 6 heteroatoms. The molecule has 0 aromatic heterocycles. The van der Waals surface area contributed by atoms with Gasteiger partial charge < -0.3 is 20.4 Å². The molecule has 140 valence electrons. The fourth-order valence-electron chi connectivity index (χ4n) is 3.47. The number of unbranched alkanes of at least 4 members (excludes halogenated alkanes) is 5. The van der Waals surface area contributed by atoms with Gasteiger partial charge in [-0.1, -0.05) is 35.2 Å². The molecular weight excluding hydrogens is 376 g/mol. The van der Waals surface area contributed by atoms with E-state index in [4.69, 9.17) is 5.11 Å². The lowest BCUT2D eigenvalue weighted by molar-refractivity contribution is -0.137. The van der Waals surface area contributed by atoms with Gasteiger partial charge >= 0.3 is 5.97 Å². The number of aliphatic hydroxyl groups is 3. The molecule has 0 aliphatic heterocycles. The summed E-state index contributed by atoms with van der Waals surface area (Å²) in [5.74, 6) is -0.878. The molecule has 1 rings (SSSR count). The molecule has 5 nitrogen and oxygen atoms in total. The number of allylic oxidation sites excluding steroid dienone is 1. The van der Waals surface area contributed by atoms with Crippen molar-refractivity contribution in [1.29, 1.82) is 0 Å². The highest BCUT2D eigenvalue weighted by atomic mass is 79.9. The van der Waals surface area contributed by atoms with Crippen molar-refractivity contribution >= 4 is 21.9 Å². The van der Waals surface area contributed by atoms with Crippen molar-refractivity contribution in [2.24, 2.45) is 0 Å². The second-order valence-electron chi connectivity index (χ2n) is 6.83. The number of aliphatic carboxylic acids is 1. The van der Waals surface area contributed by atoms with Crippen LogP contribution in [-0.4, -0.2) is 42.9 Å². The minimum atomic E-state index is -1.54. The first kappa shape index (κ1) is 21.5. The quantitative estimate of drug-likeness (QED) is 0.222. The predicted molar refractivity (Wildman–Crippen MR) is 97.4 cm³/mol. The molecule has 1 aliphatic carbocycles. The average molecular weight is 407 g/mol. The van der Waals surface area contributed by atoms with Gasteiger partial charge in [0.25, 0.3) is 0 Å². The molecule has 0 bridgehead atoms. The fourth-order valence-corrected chi connectivity index (χ4v) is 3.86. The number of carboxylic acid groups (broad SMARTS) is 1. The van der Waals surface area contributed by atoms with Crippen LogP contribution in [0.2, 0.25) is 0 Å². The van der Waals surface area contributed by atoms with Gasteiger partial charge in [-0.05, 0) is 57.4 Å². The van der Waals surface area contributed by atoms with Gasteiger partial charge in [0.05, 0.1) is 0 Å². The zero-order valence-electron chi connectivity index (χ0n) is 14.3. The summed E-state index contributed by atoms with van der Waals surface area (Å²) < 4.78 is 0. The smallest absolute Gasteiger partial charge is 0.303 e. The Hall–Kier alpha value is -0.590. The van der Waals surface area contributed by atoms with Crippen molar-refractivity contribution < 1.29 is 25.2 Å². The van der Waals surface area contributed by atoms with E-state index in [1.54, 1.807) is 6.08 Å². The van der Waals surface area contributed by atoms with Crippen LogP contribution in [-0.2, 0) is 4.79 Å². The van der Waals surface area contributed by atoms with Crippen LogP contribution in [0.15, 0.2) is 11.8 Å². The van der Waals surface area contributed by atoms with Gasteiger partial charge in [0, 0.05) is 11.8 Å². The first-order valence-electron chi connectivity index (χ1n) is 8.98. The molecule has 4 N–H and O–H groups in total. The number of hydrogen-bond acceptors (Lipinski definition) is 4. The summed E-state index contributed by atoms with van der Waals surface area (Å²) in [7, 11) is 0. The second-order valence-corrected chi connectivity index (χ2v) is 7.62. The van der Waals surface area contributed by atoms with Crippen LogP contribution < -0.4 is 0 Å². The zero-order valence-corrected chi connectivity index (χ0v) is 15.9. The predicted octanol–water partition coefficient (Wildman–Crippen LogP) is 4.06. The van der Waals surface area contributed by atoms with Crippen molar-refractivity contribution in [2.75, 3.05) is 5.33 Å². The highest BCUT2D eigenvalue weighted by Gasteiger charge is 2.55. The highest BCUT2D eigenvalue weighted by molar-refractivity contribution is 9.09. The van der Waals surface area contributed by atoms with Crippen LogP contribution in [0.1, 0.15) is 77.0 Å². The van der Waals surface area contributed by atoms with Gasteiger partial charge in [0.15, 0.2) is 0 Å². The number of hydrogen-bond donors (Lipinski definition) is 4. The van der Waals surface area contributed by atoms with Crippen LogP contribution in [0, 0.1) is 0 Å². The van der Waals surface area contributed by atoms with Crippen LogP contribution in [0.3, 0.4) is 0 Å². The Morgan fingerprint density at radius 3 is 2.38 bits per heavy atom. The monoisotopic (exact) mass is 406 g/mol. The lowest BCUT2D eigenvalue weighted by atomic mass is 9.80. The standard InChI is InChI=1S/C18H31BrO5/c19-14-7-3-4-9-15(20)18(24)13-8-12-17(18,23)11-6-2-1-5-10-16(21)22/h9,20,23-24H,1-8,10-14H2,(H,21,22)/t17-,18+/m0/s1. The number of aliphatic hydroxyl groups excluding tert-OH is 1. The summed E-state index contributed by atoms with van der Waals surface area (Å²) in [4.78, 5) is 10.5. The molecule has 0 aromatic rings. The van der Waals surface area contributed by atoms with Crippen LogP contribution in [0.4, 0.5) is 0 Å². The molecule has 1 saturated carbocycles. The van der Waals surface area contributed by atoms with Crippen molar-refractivity contribution in [2.45, 2.75) is 88.3 Å². The Bertz CT molecular complexity index is 426. The first-order valence-corrected chi connectivity index (χ1v) is 10.1. The molecule has 0 saturated heterocycles. The minimum Gasteiger partial charge on any atom is -0.509 e. The Labute approximate surface area is 152 Å². The largest absolute Gasteiger partial charge is 0.509 e. The zero-order chi connectivity index (χ0) is 18.1. The van der Waals surface area contributed by atoms with E-state index in [0.29, 0.717) is 38.5 Å². The van der Waals surface area contributed by atoms with Crippen LogP contribution >= 0.6 is 15.9 Å². The first-order chi connectivity index (χ1) is 11.4. The van der Waals surface area contributed by atoms with Crippen molar-refractivity contribution in [1.82, 2.24) is 0 Å². The highest BCUT2D eigenvalue weighted by Crippen LogP contribution is 2.46. The summed E-state index contributed by atoms with van der Waals surface area (Å²) in [5.41, 5.74) is -2.82. The van der Waals surface area contributed by atoms with Gasteiger partial charge in [-0.25, -0.2) is 0 Å². The molecule has 0 radical (unpaired) electrons. The van der Waals surface area contributed by atoms with Gasteiger partial charge in [-0.15, -0.1) is 0 Å². The van der Waals surface area contributed by atoms with Gasteiger partial charge in [0.2, 0.25) is 0 Å². The third-order valence-electron chi connectivity index (χ3n) is 4.98. The topological polar surface area (TPSA) is 98.0 Å². The van der Waals surface area contributed by atoms with Crippen molar-refractivity contribution in [3.63, 3.8) is 0 Å². The average Bonchev–Trinajstić information content (AvgIpc) is 2.83. The number of rotatable bonds is 12. The minimum absolute atomic E-state index is 0.0945. The van der Waals surface area contributed by atoms with E-state index in [9.17, 15) is 20.1 Å². The Kier molecular flexibility index (Phi) is 9.31. The van der Waals surface area contributed by atoms with Gasteiger partial charge in [0.1, 0.15) is 17.0 Å². The summed E-state index contributed by atoms with van der Waals surface area (Å²) in [6.07, 6.45) is 9.38. The summed E-state index contributed by atoms with van der Waals surface area (Å²) in [6.45, 7) is 0. The maximum absolute atomic E-state index is 10.9. The maximum atomic E-state index is 10.9. The van der Waals surface area contributed by atoms with E-state index in [0.717, 1.165) is 37.4 Å². The molecule has 0 unspecified atom stereocenters. The summed E-state index contributed by atoms with van der Waals surface area (Å²) in [5, 5.41) is 41.6. The summed E-state index contributed by atoms with van der Waals surface area (Å²) >= 11 is 3.36. The lowest BCUT2D eigenvalue weighted by Gasteiger charge is -2.38. The van der Waals surface area contributed by atoms with E-state index in [2.05, 4.69) is 15.9 Å². The van der Waals surface area contributed by atoms with Crippen LogP contribution in [0.5, 0.6) is 0 Å². The van der Waals surface area contributed by atoms with E-state index in [1.807, 2.05) is 0 Å². The van der Waals surface area contributed by atoms with E-state index in [1.165, 1.54) is 0 Å². The van der Waals surface area contributed by atoms with Gasteiger partial charge in [-0.3, -0.25) is 4.79 Å². The molecule has 24 heavy (non-hydrogen) atoms. The molecule has 1 aliphatic rings. The van der Waals surface area contributed by atoms with Crippen LogP contribution in [0.25, 0.3) is 0 Å². The molecule has 2 atom stereocenters. The SMILES string of the molecule is O=C(O)CCCCCC[C@]1(O)CCC[C@@]1(O)C(O)=CCCCCBr. The van der Waals surface area contributed by atoms with E-state index in [-0.39, 0.29) is 12.2 Å². The molecule has 0 aromatic carbocycles. The second kappa shape index (κ2) is 10.4. The third kappa shape index (κ3) is 6.05. The molecule has 1 fully saturated rings. The van der Waals surface area contributed by atoms with E-state index < -0.39 is 17.2 Å². The Morgan fingerprint density at radius 1 is 1.00 bits per heavy atom. The Morgan fingerprint density at radius 2 is 1.71 bits per heavy atom. The van der Waals surface area contributed by atoms with Crippen molar-refractivity contribution in [3.8, 4) is 0 Å². The number of carbonyl (C=O) groups is 1. The van der Waals surface area contributed by atoms with Crippen molar-refractivity contribution in [3.05, 3.63) is 11.8 Å². The van der Waals surface area contributed by atoms with Gasteiger partial charge in [-0.2, -0.15) is 0 Å². The molecule has 0 heterocycles.